The number of imidazole rings is 1. The van der Waals surface area contributed by atoms with Crippen LogP contribution in [0.15, 0.2) is 82.5 Å². The smallest absolute Gasteiger partial charge is 0.329 e. The first kappa shape index (κ1) is 42.9. The molecule has 2 aromatic carbocycles. The fourth-order valence-corrected chi connectivity index (χ4v) is 8.79. The number of fused-ring (bicyclic) bond motifs is 1. The van der Waals surface area contributed by atoms with Gasteiger partial charge in [0.1, 0.15) is 12.3 Å². The van der Waals surface area contributed by atoms with E-state index in [0.29, 0.717) is 29.8 Å². The van der Waals surface area contributed by atoms with E-state index in [1.807, 2.05) is 48.5 Å². The van der Waals surface area contributed by atoms with Crippen LogP contribution in [0.5, 0.6) is 0 Å². The predicted octanol–water partition coefficient (Wildman–Crippen LogP) is 6.74. The highest BCUT2D eigenvalue weighted by Crippen LogP contribution is 2.34. The zero-order valence-electron chi connectivity index (χ0n) is 35.7. The molecule has 3 amide bonds. The Morgan fingerprint density at radius 2 is 1.77 bits per heavy atom. The van der Waals surface area contributed by atoms with Crippen LogP contribution in [0, 0.1) is 5.92 Å². The van der Waals surface area contributed by atoms with Crippen LogP contribution in [-0.4, -0.2) is 83.8 Å². The Kier molecular flexibility index (Phi) is 12.6. The first-order chi connectivity index (χ1) is 31.1. The van der Waals surface area contributed by atoms with Crippen LogP contribution in [0.2, 0.25) is 0 Å². The van der Waals surface area contributed by atoms with Gasteiger partial charge in [0.25, 0.3) is 12.3 Å². The molecule has 2 atom stereocenters. The molecule has 17 heteroatoms. The van der Waals surface area contributed by atoms with Crippen molar-refractivity contribution in [2.45, 2.75) is 89.2 Å². The van der Waals surface area contributed by atoms with Crippen molar-refractivity contribution in [3.05, 3.63) is 112 Å². The van der Waals surface area contributed by atoms with Gasteiger partial charge in [0.05, 0.1) is 41.3 Å². The topological polar surface area (TPSA) is 171 Å². The molecule has 64 heavy (non-hydrogen) atoms. The van der Waals surface area contributed by atoms with E-state index in [9.17, 15) is 28.0 Å². The van der Waals surface area contributed by atoms with E-state index in [2.05, 4.69) is 30.6 Å². The number of aryl methyl sites for hydroxylation is 4. The molecule has 3 aliphatic rings. The number of pyridine rings is 1. The van der Waals surface area contributed by atoms with Gasteiger partial charge in [0.2, 0.25) is 17.7 Å². The van der Waals surface area contributed by atoms with Gasteiger partial charge in [0, 0.05) is 44.0 Å². The van der Waals surface area contributed by atoms with E-state index in [1.54, 1.807) is 23.9 Å². The Morgan fingerprint density at radius 1 is 0.953 bits per heavy atom. The quantitative estimate of drug-likeness (QED) is 0.0936. The molecular weight excluding hydrogens is 825 g/mol. The molecule has 6 heterocycles. The van der Waals surface area contributed by atoms with Crippen molar-refractivity contribution in [3.63, 3.8) is 0 Å². The highest BCUT2D eigenvalue weighted by molar-refractivity contribution is 6.03. The summed E-state index contributed by atoms with van der Waals surface area (Å²) in [6.45, 7) is 3.28. The van der Waals surface area contributed by atoms with Crippen LogP contribution >= 0.6 is 0 Å². The SMILES string of the molecule is Cn1c(=O)n(C2CCC(=O)NC2=O)c2ccc(CCCN3CCO[C@@H](CCCc4ccc(-n5cc(NC(=O)c6coc(-c7ccnc(CCC8CC8)c7)n6)c(C(F)F)n5)cc4)C3)cc21. The highest BCUT2D eigenvalue weighted by atomic mass is 19.3. The number of nitrogens with one attached hydrogen (secondary N) is 2. The molecule has 0 radical (unpaired) electrons. The molecule has 2 aliphatic heterocycles. The third kappa shape index (κ3) is 9.74. The molecule has 9 rings (SSSR count). The number of rotatable bonds is 17. The maximum absolute atomic E-state index is 14.1. The summed E-state index contributed by atoms with van der Waals surface area (Å²) >= 11 is 0. The zero-order valence-corrected chi connectivity index (χ0v) is 35.7. The van der Waals surface area contributed by atoms with Crippen molar-refractivity contribution in [2.75, 3.05) is 31.6 Å². The van der Waals surface area contributed by atoms with Gasteiger partial charge in [-0.15, -0.1) is 0 Å². The van der Waals surface area contributed by atoms with Gasteiger partial charge in [0.15, 0.2) is 11.4 Å². The Morgan fingerprint density at radius 3 is 2.56 bits per heavy atom. The molecule has 2 saturated heterocycles. The molecule has 3 fully saturated rings. The minimum atomic E-state index is -2.92. The summed E-state index contributed by atoms with van der Waals surface area (Å²) in [5.74, 6) is -0.426. The number of halogens is 2. The lowest BCUT2D eigenvalue weighted by atomic mass is 10.0. The van der Waals surface area contributed by atoms with Crippen LogP contribution in [-0.2, 0) is 40.6 Å². The Bertz CT molecular complexity index is 2720. The Labute approximate surface area is 367 Å². The van der Waals surface area contributed by atoms with Crippen LogP contribution < -0.4 is 16.3 Å². The van der Waals surface area contributed by atoms with Crippen LogP contribution in [0.1, 0.15) is 96.8 Å². The molecule has 4 aromatic heterocycles. The van der Waals surface area contributed by atoms with Gasteiger partial charge in [-0.25, -0.2) is 23.2 Å². The second-order valence-corrected chi connectivity index (χ2v) is 17.1. The molecule has 2 N–H and O–H groups in total. The fourth-order valence-electron chi connectivity index (χ4n) is 8.79. The molecule has 0 spiro atoms. The van der Waals surface area contributed by atoms with Gasteiger partial charge in [-0.2, -0.15) is 5.10 Å². The highest BCUT2D eigenvalue weighted by Gasteiger charge is 2.31. The predicted molar refractivity (Wildman–Crippen MR) is 233 cm³/mol. The fraction of sp³-hybridized carbons (Fsp3) is 0.426. The summed E-state index contributed by atoms with van der Waals surface area (Å²) in [5.41, 5.74) is 4.86. The first-order valence-electron chi connectivity index (χ1n) is 22.1. The lowest BCUT2D eigenvalue weighted by Gasteiger charge is -2.33. The summed E-state index contributed by atoms with van der Waals surface area (Å²) in [6, 6.07) is 16.4. The monoisotopic (exact) mass is 875 g/mol. The minimum absolute atomic E-state index is 0.0431. The number of morpholine rings is 1. The molecule has 1 saturated carbocycles. The number of carbonyl (C=O) groups excluding carboxylic acids is 3. The van der Waals surface area contributed by atoms with Crippen LogP contribution in [0.4, 0.5) is 14.5 Å². The maximum atomic E-state index is 14.1. The van der Waals surface area contributed by atoms with E-state index in [-0.39, 0.29) is 41.4 Å². The van der Waals surface area contributed by atoms with Gasteiger partial charge in [-0.1, -0.05) is 31.0 Å². The number of oxazole rings is 1. The normalized spacial score (nSPS) is 18.2. The standard InChI is InChI=1S/C47H51F2N9O6/c1-55-40-24-31(12-16-38(40)58(47(55)62)39-17-18-41(59)53-45(39)61)5-3-21-56-22-23-63-35(26-56)6-2-4-29-10-14-34(15-11-29)57-27-36(42(54-57)43(48)49)51-44(60)37-28-64-46(52-37)32-19-20-50-33(25-32)13-9-30-7-8-30/h10-12,14-16,19-20,24-25,27-28,30,35,39,43H,2-9,13,17-18,21-23,26H2,1H3,(H,51,60)(H,53,59,61)/t35-,39?/m0/s1. The minimum Gasteiger partial charge on any atom is -0.444 e. The average Bonchev–Trinajstić information content (AvgIpc) is 3.71. The Hall–Kier alpha value is -6.33. The van der Waals surface area contributed by atoms with Crippen LogP contribution in [0.25, 0.3) is 28.2 Å². The van der Waals surface area contributed by atoms with Gasteiger partial charge < -0.3 is 14.5 Å². The number of imide groups is 1. The van der Waals surface area contributed by atoms with Crippen molar-refractivity contribution in [1.29, 1.82) is 0 Å². The van der Waals surface area contributed by atoms with Gasteiger partial charge >= 0.3 is 5.69 Å². The summed E-state index contributed by atoms with van der Waals surface area (Å²) < 4.78 is 44.4. The zero-order chi connectivity index (χ0) is 44.3. The van der Waals surface area contributed by atoms with E-state index >= 15 is 0 Å². The van der Waals surface area contributed by atoms with E-state index in [0.717, 1.165) is 92.8 Å². The van der Waals surface area contributed by atoms with Gasteiger partial charge in [-0.3, -0.25) is 38.7 Å². The molecule has 0 bridgehead atoms. The number of anilines is 1. The summed E-state index contributed by atoms with van der Waals surface area (Å²) in [6.07, 6.45) is 10.8. The summed E-state index contributed by atoms with van der Waals surface area (Å²) in [4.78, 5) is 61.7. The number of hydrogen-bond acceptors (Lipinski definition) is 10. The number of nitrogens with zero attached hydrogens (tertiary/aromatic N) is 7. The lowest BCUT2D eigenvalue weighted by Crippen LogP contribution is -2.44. The third-order valence-electron chi connectivity index (χ3n) is 12.5. The maximum Gasteiger partial charge on any atom is 0.329 e. The summed E-state index contributed by atoms with van der Waals surface area (Å²) in [7, 11) is 1.71. The van der Waals surface area contributed by atoms with Crippen LogP contribution in [0.3, 0.4) is 0 Å². The van der Waals surface area contributed by atoms with Crippen molar-refractivity contribution < 1.29 is 32.3 Å². The molecule has 1 unspecified atom stereocenters. The number of alkyl halides is 2. The van der Waals surface area contributed by atoms with Crippen molar-refractivity contribution in [1.82, 2.24) is 39.1 Å². The number of piperidine rings is 1. The van der Waals surface area contributed by atoms with E-state index in [1.165, 1.54) is 34.6 Å². The number of ether oxygens (including phenoxy) is 1. The molecule has 1 aliphatic carbocycles. The second-order valence-electron chi connectivity index (χ2n) is 17.1. The van der Waals surface area contributed by atoms with Crippen molar-refractivity contribution in [2.24, 2.45) is 13.0 Å². The molecule has 15 nitrogen and oxygen atoms in total. The van der Waals surface area contributed by atoms with Gasteiger partial charge in [-0.05, 0) is 111 Å². The second kappa shape index (κ2) is 18.8. The Balaban J connectivity index is 0.740. The summed E-state index contributed by atoms with van der Waals surface area (Å²) in [5, 5.41) is 9.01. The number of hydrogen-bond donors (Lipinski definition) is 2. The molecular formula is C47H51F2N9O6. The number of amides is 3. The number of aromatic nitrogens is 6. The van der Waals surface area contributed by atoms with Crippen molar-refractivity contribution >= 4 is 34.4 Å². The number of benzene rings is 2. The molecule has 334 valence electrons. The first-order valence-corrected chi connectivity index (χ1v) is 22.1. The third-order valence-corrected chi connectivity index (χ3v) is 12.5. The molecule has 6 aromatic rings. The van der Waals surface area contributed by atoms with E-state index in [4.69, 9.17) is 9.15 Å². The lowest BCUT2D eigenvalue weighted by molar-refractivity contribution is -0.135. The largest absolute Gasteiger partial charge is 0.444 e. The van der Waals surface area contributed by atoms with Crippen molar-refractivity contribution in [3.8, 4) is 17.1 Å². The number of carbonyl (C=O) groups is 3. The van der Waals surface area contributed by atoms with E-state index < -0.39 is 30.0 Å². The average molecular weight is 876 g/mol.